The third-order valence-electron chi connectivity index (χ3n) is 2.98. The second-order valence-corrected chi connectivity index (χ2v) is 6.30. The topological polar surface area (TPSA) is 29.3 Å². The molecule has 1 heterocycles. The minimum absolute atomic E-state index is 0.561. The van der Waals surface area contributed by atoms with E-state index in [0.29, 0.717) is 5.25 Å². The molecule has 1 aliphatic heterocycles. The molecule has 0 fully saturated rings. The summed E-state index contributed by atoms with van der Waals surface area (Å²) in [6, 6.07) is 6.53. The lowest BCUT2D eigenvalue weighted by Gasteiger charge is -2.15. The van der Waals surface area contributed by atoms with Crippen LogP contribution in [0.5, 0.6) is 0 Å². The van der Waals surface area contributed by atoms with Gasteiger partial charge in [0.1, 0.15) is 0 Å². The molecule has 2 nitrogen and oxygen atoms in total. The van der Waals surface area contributed by atoms with Crippen molar-refractivity contribution in [2.45, 2.75) is 25.1 Å². The van der Waals surface area contributed by atoms with E-state index < -0.39 is 0 Å². The van der Waals surface area contributed by atoms with E-state index in [1.165, 1.54) is 16.0 Å². The Morgan fingerprint density at radius 2 is 2.18 bits per heavy atom. The van der Waals surface area contributed by atoms with Gasteiger partial charge in [0.05, 0.1) is 0 Å². The van der Waals surface area contributed by atoms with Crippen molar-refractivity contribution in [1.29, 1.82) is 0 Å². The average molecular weight is 248 g/mol. The van der Waals surface area contributed by atoms with E-state index in [1.54, 1.807) is 0 Å². The Morgan fingerprint density at radius 3 is 2.71 bits per heavy atom. The molecule has 17 heavy (non-hydrogen) atoms. The minimum Gasteiger partial charge on any atom is -0.398 e. The van der Waals surface area contributed by atoms with Gasteiger partial charge in [-0.15, -0.1) is 11.8 Å². The van der Waals surface area contributed by atoms with Gasteiger partial charge in [0.2, 0.25) is 0 Å². The molecular weight excluding hydrogens is 228 g/mol. The Morgan fingerprint density at radius 1 is 1.41 bits per heavy atom. The van der Waals surface area contributed by atoms with E-state index in [9.17, 15) is 0 Å². The molecule has 1 aromatic rings. The third-order valence-corrected chi connectivity index (χ3v) is 4.26. The van der Waals surface area contributed by atoms with Crippen molar-refractivity contribution in [3.05, 3.63) is 40.3 Å². The highest BCUT2D eigenvalue weighted by Gasteiger charge is 2.17. The number of nitrogen functional groups attached to an aromatic ring is 1. The molecule has 1 aliphatic rings. The number of hydrogen-bond donors (Lipinski definition) is 1. The van der Waals surface area contributed by atoms with Gasteiger partial charge in [0, 0.05) is 17.5 Å². The van der Waals surface area contributed by atoms with Crippen LogP contribution in [0.25, 0.3) is 0 Å². The first-order chi connectivity index (χ1) is 8.06. The maximum Gasteiger partial charge on any atom is 0.0376 e. The summed E-state index contributed by atoms with van der Waals surface area (Å²) in [4.78, 5) is 3.56. The summed E-state index contributed by atoms with van der Waals surface area (Å²) in [6.45, 7) is 3.08. The Bertz CT molecular complexity index is 438. The van der Waals surface area contributed by atoms with Crippen LogP contribution in [0.2, 0.25) is 0 Å². The summed E-state index contributed by atoms with van der Waals surface area (Å²) in [5.41, 5.74) is 9.60. The molecule has 0 saturated carbocycles. The van der Waals surface area contributed by atoms with Gasteiger partial charge in [0.25, 0.3) is 0 Å². The van der Waals surface area contributed by atoms with Crippen molar-refractivity contribution in [1.82, 2.24) is 4.90 Å². The quantitative estimate of drug-likeness (QED) is 0.831. The van der Waals surface area contributed by atoms with Crippen molar-refractivity contribution in [3.63, 3.8) is 0 Å². The summed E-state index contributed by atoms with van der Waals surface area (Å²) in [5, 5.41) is 0.561. The second kappa shape index (κ2) is 5.15. The van der Waals surface area contributed by atoms with Crippen LogP contribution in [0.3, 0.4) is 0 Å². The minimum atomic E-state index is 0.561. The fourth-order valence-corrected chi connectivity index (χ4v) is 3.21. The zero-order valence-corrected chi connectivity index (χ0v) is 11.6. The number of hydrogen-bond acceptors (Lipinski definition) is 3. The molecule has 2 rings (SSSR count). The maximum absolute atomic E-state index is 6.12. The van der Waals surface area contributed by atoms with Crippen LogP contribution in [-0.4, -0.2) is 19.0 Å². The molecule has 0 aliphatic carbocycles. The number of nitrogens with two attached hydrogens (primary N) is 1. The lowest BCUT2D eigenvalue weighted by molar-refractivity contribution is 0.403. The lowest BCUT2D eigenvalue weighted by Crippen LogP contribution is -2.12. The Kier molecular flexibility index (Phi) is 3.79. The van der Waals surface area contributed by atoms with Crippen molar-refractivity contribution < 1.29 is 0 Å². The van der Waals surface area contributed by atoms with E-state index >= 15 is 0 Å². The Hall–Kier alpha value is -0.930. The number of allylic oxidation sites excluding steroid dienone is 2. The summed E-state index contributed by atoms with van der Waals surface area (Å²) >= 11 is 1.94. The molecule has 0 radical (unpaired) electrons. The highest BCUT2D eigenvalue weighted by Crippen LogP contribution is 2.43. The monoisotopic (exact) mass is 248 g/mol. The molecule has 0 saturated heterocycles. The molecular formula is C14H20N2S. The first kappa shape index (κ1) is 12.5. The van der Waals surface area contributed by atoms with Crippen molar-refractivity contribution >= 4 is 17.4 Å². The average Bonchev–Trinajstić information content (AvgIpc) is 2.67. The first-order valence-corrected chi connectivity index (χ1v) is 6.80. The fraction of sp³-hybridized carbons (Fsp3) is 0.429. The van der Waals surface area contributed by atoms with Crippen molar-refractivity contribution in [2.24, 2.45) is 0 Å². The molecule has 0 spiro atoms. The van der Waals surface area contributed by atoms with Gasteiger partial charge in [-0.1, -0.05) is 18.2 Å². The van der Waals surface area contributed by atoms with Crippen LogP contribution in [-0.2, 0) is 6.54 Å². The molecule has 92 valence electrons. The van der Waals surface area contributed by atoms with E-state index in [4.69, 9.17) is 5.73 Å². The standard InChI is InChI=1S/C14H20N2S/c1-10-4-7-14(17-10)11-5-6-12(9-16(2)3)13(15)8-11/h4-6,8,14H,7,9,15H2,1-3H3. The van der Waals surface area contributed by atoms with Crippen molar-refractivity contribution in [3.8, 4) is 0 Å². The predicted molar refractivity (Wildman–Crippen MR) is 77.0 cm³/mol. The van der Waals surface area contributed by atoms with E-state index in [2.05, 4.69) is 50.2 Å². The largest absolute Gasteiger partial charge is 0.398 e. The normalized spacial score (nSPS) is 19.8. The molecule has 1 aromatic carbocycles. The molecule has 0 bridgehead atoms. The van der Waals surface area contributed by atoms with Gasteiger partial charge in [-0.05, 0) is 49.5 Å². The zero-order chi connectivity index (χ0) is 12.4. The van der Waals surface area contributed by atoms with E-state index in [0.717, 1.165) is 18.7 Å². The third kappa shape index (κ3) is 3.05. The van der Waals surface area contributed by atoms with Gasteiger partial charge in [-0.25, -0.2) is 0 Å². The second-order valence-electron chi connectivity index (χ2n) is 4.85. The highest BCUT2D eigenvalue weighted by atomic mass is 32.2. The van der Waals surface area contributed by atoms with Gasteiger partial charge in [0.15, 0.2) is 0 Å². The molecule has 1 atom stereocenters. The lowest BCUT2D eigenvalue weighted by atomic mass is 10.0. The summed E-state index contributed by atoms with van der Waals surface area (Å²) < 4.78 is 0. The predicted octanol–water partition coefficient (Wildman–Crippen LogP) is 3.41. The highest BCUT2D eigenvalue weighted by molar-refractivity contribution is 8.03. The fourth-order valence-electron chi connectivity index (χ4n) is 2.10. The van der Waals surface area contributed by atoms with Gasteiger partial charge in [-0.3, -0.25) is 0 Å². The molecule has 1 unspecified atom stereocenters. The molecule has 0 amide bonds. The van der Waals surface area contributed by atoms with Gasteiger partial charge >= 0.3 is 0 Å². The van der Waals surface area contributed by atoms with E-state index in [1.807, 2.05) is 11.8 Å². The summed E-state index contributed by atoms with van der Waals surface area (Å²) in [7, 11) is 4.13. The van der Waals surface area contributed by atoms with Crippen LogP contribution >= 0.6 is 11.8 Å². The van der Waals surface area contributed by atoms with Crippen LogP contribution in [0.1, 0.15) is 29.7 Å². The smallest absolute Gasteiger partial charge is 0.0376 e. The van der Waals surface area contributed by atoms with Crippen LogP contribution in [0.4, 0.5) is 5.69 Å². The molecule has 2 N–H and O–H groups in total. The van der Waals surface area contributed by atoms with Crippen LogP contribution in [0.15, 0.2) is 29.2 Å². The van der Waals surface area contributed by atoms with Crippen molar-refractivity contribution in [2.75, 3.05) is 19.8 Å². The number of benzene rings is 1. The number of anilines is 1. The Balaban J connectivity index is 2.14. The number of rotatable bonds is 3. The van der Waals surface area contributed by atoms with Crippen LogP contribution < -0.4 is 5.73 Å². The summed E-state index contributed by atoms with van der Waals surface area (Å²) in [6.07, 6.45) is 3.43. The number of nitrogens with zero attached hydrogens (tertiary/aromatic N) is 1. The number of thioether (sulfide) groups is 1. The maximum atomic E-state index is 6.12. The van der Waals surface area contributed by atoms with E-state index in [-0.39, 0.29) is 0 Å². The first-order valence-electron chi connectivity index (χ1n) is 5.92. The molecule has 3 heteroatoms. The Labute approximate surface area is 108 Å². The molecule has 0 aromatic heterocycles. The summed E-state index contributed by atoms with van der Waals surface area (Å²) in [5.74, 6) is 0. The SMILES string of the molecule is CC1=CCC(c2ccc(CN(C)C)c(N)c2)S1. The van der Waals surface area contributed by atoms with Gasteiger partial charge < -0.3 is 10.6 Å². The van der Waals surface area contributed by atoms with Crippen LogP contribution in [0, 0.1) is 0 Å². The zero-order valence-electron chi connectivity index (χ0n) is 10.7. The van der Waals surface area contributed by atoms with Gasteiger partial charge in [-0.2, -0.15) is 0 Å².